The van der Waals surface area contributed by atoms with Crippen LogP contribution in [0.2, 0.25) is 0 Å². The van der Waals surface area contributed by atoms with Crippen LogP contribution in [-0.4, -0.2) is 4.98 Å². The summed E-state index contributed by atoms with van der Waals surface area (Å²) >= 11 is 0. The Balaban J connectivity index is 0.00000200. The van der Waals surface area contributed by atoms with Crippen molar-refractivity contribution in [3.8, 4) is 11.3 Å². The van der Waals surface area contributed by atoms with Crippen molar-refractivity contribution in [3.63, 3.8) is 0 Å². The average Bonchev–Trinajstić information content (AvgIpc) is 2.38. The van der Waals surface area contributed by atoms with Crippen LogP contribution in [0.1, 0.15) is 26.3 Å². The molecule has 0 saturated carbocycles. The first-order chi connectivity index (χ1) is 8.91. The fraction of sp³-hybridized carbons (Fsp3) is 0.250. The van der Waals surface area contributed by atoms with E-state index in [2.05, 4.69) is 36.7 Å². The van der Waals surface area contributed by atoms with Crippen LogP contribution in [0, 0.1) is 18.5 Å². The molecule has 1 aromatic carbocycles. The van der Waals surface area contributed by atoms with E-state index in [0.29, 0.717) is 11.3 Å². The van der Waals surface area contributed by atoms with Crippen molar-refractivity contribution in [1.29, 1.82) is 0 Å². The Hall–Kier alpha value is -1.56. The van der Waals surface area contributed by atoms with Crippen LogP contribution >= 0.6 is 0 Å². The summed E-state index contributed by atoms with van der Waals surface area (Å²) in [6.45, 7) is 13.3. The molecule has 1 heterocycles. The minimum Gasteiger partial charge on any atom is -0.305 e. The van der Waals surface area contributed by atoms with Gasteiger partial charge in [0.1, 0.15) is 5.69 Å². The summed E-state index contributed by atoms with van der Waals surface area (Å²) in [5.41, 5.74) is 2.49. The molecule has 4 heteroatoms. The number of halogens is 1. The molecule has 20 heavy (non-hydrogen) atoms. The molecule has 0 unspecified atom stereocenters. The zero-order valence-corrected chi connectivity index (χ0v) is 13.9. The Labute approximate surface area is 132 Å². The number of aromatic nitrogens is 1. The number of rotatable bonds is 1. The van der Waals surface area contributed by atoms with Gasteiger partial charge in [0.05, 0.1) is 6.57 Å². The summed E-state index contributed by atoms with van der Waals surface area (Å²) in [5, 5.41) is 0. The van der Waals surface area contributed by atoms with E-state index in [0.717, 1.165) is 5.56 Å². The molecule has 1 aromatic heterocycles. The van der Waals surface area contributed by atoms with E-state index < -0.39 is 5.82 Å². The predicted molar refractivity (Wildman–Crippen MR) is 73.4 cm³/mol. The maximum absolute atomic E-state index is 13.3. The number of hydrogen-bond acceptors (Lipinski definition) is 1. The van der Waals surface area contributed by atoms with Crippen LogP contribution in [0.25, 0.3) is 16.1 Å². The molecule has 0 amide bonds. The third-order valence-corrected chi connectivity index (χ3v) is 2.90. The van der Waals surface area contributed by atoms with Crippen LogP contribution in [0.15, 0.2) is 30.5 Å². The van der Waals surface area contributed by atoms with E-state index in [1.54, 1.807) is 6.20 Å². The van der Waals surface area contributed by atoms with Crippen LogP contribution in [0.5, 0.6) is 0 Å². The molecule has 0 atom stereocenters. The van der Waals surface area contributed by atoms with Crippen LogP contribution in [-0.2, 0) is 25.5 Å². The summed E-state index contributed by atoms with van der Waals surface area (Å²) < 4.78 is 13.3. The summed E-state index contributed by atoms with van der Waals surface area (Å²) in [4.78, 5) is 7.43. The Morgan fingerprint density at radius 3 is 2.60 bits per heavy atom. The number of nitrogens with zero attached hydrogens (tertiary/aromatic N) is 2. The molecule has 0 fully saturated rings. The van der Waals surface area contributed by atoms with E-state index in [1.165, 1.54) is 12.1 Å². The Kier molecular flexibility index (Phi) is 5.16. The largest absolute Gasteiger partial charge is 0.305 e. The standard InChI is InChI=1S/C16H14FN2.Ir/c1-16(2,3)12-7-8-19-14(10-12)11-5-6-13(17)15(9-11)18-4;/h6-10H,1-3H3;/q-1;. The van der Waals surface area contributed by atoms with Crippen LogP contribution < -0.4 is 0 Å². The van der Waals surface area contributed by atoms with E-state index in [1.807, 2.05) is 12.1 Å². The number of benzene rings is 1. The normalized spacial score (nSPS) is 10.6. The zero-order chi connectivity index (χ0) is 14.0. The smallest absolute Gasteiger partial charge is 0.142 e. The topological polar surface area (TPSA) is 17.2 Å². The second-order valence-corrected chi connectivity index (χ2v) is 5.37. The Morgan fingerprint density at radius 1 is 1.30 bits per heavy atom. The van der Waals surface area contributed by atoms with E-state index in [9.17, 15) is 4.39 Å². The summed E-state index contributed by atoms with van der Waals surface area (Å²) in [6.07, 6.45) is 1.73. The molecule has 0 aliphatic heterocycles. The molecule has 0 aliphatic carbocycles. The number of hydrogen-bond donors (Lipinski definition) is 0. The fourth-order valence-electron chi connectivity index (χ4n) is 1.74. The quantitative estimate of drug-likeness (QED) is 0.590. The monoisotopic (exact) mass is 446 g/mol. The zero-order valence-electron chi connectivity index (χ0n) is 11.5. The van der Waals surface area contributed by atoms with Crippen molar-refractivity contribution >= 4 is 5.69 Å². The van der Waals surface area contributed by atoms with Gasteiger partial charge in [-0.15, -0.1) is 23.8 Å². The molecule has 1 radical (unpaired) electrons. The fourth-order valence-corrected chi connectivity index (χ4v) is 1.74. The summed E-state index contributed by atoms with van der Waals surface area (Å²) in [6, 6.07) is 9.41. The van der Waals surface area contributed by atoms with Crippen LogP contribution in [0.3, 0.4) is 0 Å². The molecule has 105 valence electrons. The van der Waals surface area contributed by atoms with E-state index in [-0.39, 0.29) is 31.2 Å². The maximum atomic E-state index is 13.3. The van der Waals surface area contributed by atoms with Gasteiger partial charge in [0.25, 0.3) is 0 Å². The van der Waals surface area contributed by atoms with E-state index in [4.69, 9.17) is 6.57 Å². The molecule has 0 bridgehead atoms. The minimum absolute atomic E-state index is 0. The van der Waals surface area contributed by atoms with E-state index >= 15 is 0 Å². The Morgan fingerprint density at radius 2 is 2.00 bits per heavy atom. The SMILES string of the molecule is [C-]#[N+]c1cc(-c2cc(C(C)(C)C)ccn2)[c-]cc1F.[Ir]. The summed E-state index contributed by atoms with van der Waals surface area (Å²) in [7, 11) is 0. The molecule has 0 saturated heterocycles. The van der Waals surface area contributed by atoms with Gasteiger partial charge in [-0.25, -0.2) is 0 Å². The molecular formula is C16H14FIrN2-. The minimum atomic E-state index is -0.550. The molecule has 2 aromatic rings. The van der Waals surface area contributed by atoms with Gasteiger partial charge in [0.2, 0.25) is 0 Å². The van der Waals surface area contributed by atoms with Gasteiger partial charge >= 0.3 is 0 Å². The molecule has 2 nitrogen and oxygen atoms in total. The van der Waals surface area contributed by atoms with Crippen molar-refractivity contribution in [3.05, 3.63) is 59.3 Å². The summed E-state index contributed by atoms with van der Waals surface area (Å²) in [5.74, 6) is -0.550. The molecule has 0 N–H and O–H groups in total. The third kappa shape index (κ3) is 3.50. The second-order valence-electron chi connectivity index (χ2n) is 5.37. The van der Waals surface area contributed by atoms with Gasteiger partial charge in [-0.2, -0.15) is 0 Å². The van der Waals surface area contributed by atoms with Gasteiger partial charge in [0.15, 0.2) is 0 Å². The predicted octanol–water partition coefficient (Wildman–Crippen LogP) is 4.53. The first kappa shape index (κ1) is 16.5. The first-order valence-electron chi connectivity index (χ1n) is 5.97. The van der Waals surface area contributed by atoms with Crippen molar-refractivity contribution in [2.45, 2.75) is 26.2 Å². The van der Waals surface area contributed by atoms with Crippen molar-refractivity contribution < 1.29 is 24.5 Å². The molecule has 0 spiro atoms. The van der Waals surface area contributed by atoms with Crippen LogP contribution in [0.4, 0.5) is 10.1 Å². The average molecular weight is 446 g/mol. The van der Waals surface area contributed by atoms with Gasteiger partial charge in [-0.1, -0.05) is 26.8 Å². The number of pyridine rings is 1. The Bertz CT molecular complexity index is 654. The second kappa shape index (κ2) is 6.26. The first-order valence-corrected chi connectivity index (χ1v) is 5.97. The van der Waals surface area contributed by atoms with Gasteiger partial charge < -0.3 is 4.98 Å². The van der Waals surface area contributed by atoms with Crippen molar-refractivity contribution in [2.75, 3.05) is 0 Å². The van der Waals surface area contributed by atoms with Gasteiger partial charge in [-0.3, -0.25) is 9.24 Å². The van der Waals surface area contributed by atoms with Crippen molar-refractivity contribution in [1.82, 2.24) is 4.98 Å². The molecule has 2 rings (SSSR count). The molecular weight excluding hydrogens is 431 g/mol. The van der Waals surface area contributed by atoms with Gasteiger partial charge in [-0.05, 0) is 22.7 Å². The van der Waals surface area contributed by atoms with Gasteiger partial charge in [0, 0.05) is 32.1 Å². The third-order valence-electron chi connectivity index (χ3n) is 2.90. The maximum Gasteiger partial charge on any atom is 0.142 e. The molecule has 0 aliphatic rings. The van der Waals surface area contributed by atoms with Crippen molar-refractivity contribution in [2.24, 2.45) is 0 Å².